The van der Waals surface area contributed by atoms with Gasteiger partial charge < -0.3 is 0 Å². The van der Waals surface area contributed by atoms with E-state index in [0.717, 1.165) is 14.8 Å². The second-order valence-corrected chi connectivity index (χ2v) is 11.5. The number of hydrogen-bond donors (Lipinski definition) is 0. The predicted octanol–water partition coefficient (Wildman–Crippen LogP) is 5.23. The van der Waals surface area contributed by atoms with Crippen LogP contribution < -0.4 is 4.90 Å². The number of carbonyl (C=O) groups is 2. The topological polar surface area (TPSA) is 74.8 Å². The van der Waals surface area contributed by atoms with Crippen LogP contribution in [0, 0.1) is 5.82 Å². The number of benzene rings is 3. The molecule has 1 saturated heterocycles. The number of hydrogen-bond acceptors (Lipinski definition) is 4. The van der Waals surface area contributed by atoms with Gasteiger partial charge in [0.15, 0.2) is 0 Å². The quantitative estimate of drug-likeness (QED) is 0.372. The van der Waals surface area contributed by atoms with Gasteiger partial charge in [0.05, 0.1) is 17.0 Å². The van der Waals surface area contributed by atoms with Crippen molar-refractivity contribution in [3.05, 3.63) is 94.2 Å². The van der Waals surface area contributed by atoms with Gasteiger partial charge in [-0.15, -0.1) is 0 Å². The van der Waals surface area contributed by atoms with Crippen molar-refractivity contribution < 1.29 is 22.4 Å². The molecule has 3 aromatic carbocycles. The number of halogens is 2. The van der Waals surface area contributed by atoms with Gasteiger partial charge in [-0.2, -0.15) is 4.31 Å². The molecule has 0 N–H and O–H groups in total. The van der Waals surface area contributed by atoms with Crippen molar-refractivity contribution in [3.63, 3.8) is 0 Å². The van der Waals surface area contributed by atoms with E-state index in [4.69, 9.17) is 0 Å². The smallest absolute Gasteiger partial charge is 0.252 e. The van der Waals surface area contributed by atoms with Crippen LogP contribution in [0.2, 0.25) is 0 Å². The zero-order chi connectivity index (χ0) is 25.3. The van der Waals surface area contributed by atoms with Gasteiger partial charge >= 0.3 is 0 Å². The first-order valence-electron chi connectivity index (χ1n) is 11.1. The van der Waals surface area contributed by atoms with Gasteiger partial charge in [0, 0.05) is 11.0 Å². The average molecular weight is 559 g/mol. The lowest BCUT2D eigenvalue weighted by molar-refractivity contribution is -0.122. The van der Waals surface area contributed by atoms with E-state index in [1.54, 1.807) is 24.3 Å². The Morgan fingerprint density at radius 3 is 2.14 bits per heavy atom. The third-order valence-electron chi connectivity index (χ3n) is 5.96. The van der Waals surface area contributed by atoms with Crippen LogP contribution >= 0.6 is 15.9 Å². The maximum absolute atomic E-state index is 13.7. The summed E-state index contributed by atoms with van der Waals surface area (Å²) in [5.74, 6) is -1.27. The summed E-state index contributed by atoms with van der Waals surface area (Å²) in [4.78, 5) is 27.5. The summed E-state index contributed by atoms with van der Waals surface area (Å²) in [6.07, 6.45) is -0.290. The minimum atomic E-state index is -4.17. The van der Waals surface area contributed by atoms with Crippen LogP contribution in [-0.2, 0) is 26.2 Å². The van der Waals surface area contributed by atoms with E-state index in [1.165, 1.54) is 36.4 Å². The van der Waals surface area contributed by atoms with Crippen molar-refractivity contribution in [1.29, 1.82) is 0 Å². The zero-order valence-corrected chi connectivity index (χ0v) is 21.6. The molecular weight excluding hydrogens is 535 g/mol. The molecule has 0 radical (unpaired) electrons. The molecule has 1 aliphatic heterocycles. The standard InChI is InChI=1S/C26H24BrFN2O4S/c1-17(2)19-5-11-22(12-6-19)30-25(31)15-24(26(30)32)29(16-18-3-9-21(28)10-4-18)35(33,34)23-13-7-20(27)8-14-23/h3-14,17,24H,15-16H2,1-2H3. The predicted molar refractivity (Wildman–Crippen MR) is 135 cm³/mol. The molecule has 0 bridgehead atoms. The van der Waals surface area contributed by atoms with Crippen molar-refractivity contribution in [3.8, 4) is 0 Å². The van der Waals surface area contributed by atoms with E-state index in [-0.39, 0.29) is 23.8 Å². The van der Waals surface area contributed by atoms with Gasteiger partial charge in [0.2, 0.25) is 15.9 Å². The number of sulfonamides is 1. The van der Waals surface area contributed by atoms with Crippen molar-refractivity contribution in [2.45, 2.75) is 43.7 Å². The maximum atomic E-state index is 13.7. The summed E-state index contributed by atoms with van der Waals surface area (Å²) >= 11 is 3.29. The molecule has 9 heteroatoms. The van der Waals surface area contributed by atoms with Crippen LogP contribution in [0.3, 0.4) is 0 Å². The molecular formula is C26H24BrFN2O4S. The highest BCUT2D eigenvalue weighted by Gasteiger charge is 2.47. The van der Waals surface area contributed by atoms with E-state index in [2.05, 4.69) is 15.9 Å². The molecule has 1 aliphatic rings. The molecule has 4 rings (SSSR count). The number of anilines is 1. The highest BCUT2D eigenvalue weighted by atomic mass is 79.9. The van der Waals surface area contributed by atoms with Crippen molar-refractivity contribution in [2.24, 2.45) is 0 Å². The van der Waals surface area contributed by atoms with Crippen LogP contribution in [0.15, 0.2) is 82.2 Å². The summed E-state index contributed by atoms with van der Waals surface area (Å²) in [6.45, 7) is 3.89. The third kappa shape index (κ3) is 5.22. The van der Waals surface area contributed by atoms with Crippen LogP contribution in [-0.4, -0.2) is 30.6 Å². The summed E-state index contributed by atoms with van der Waals surface area (Å²) < 4.78 is 42.5. The minimum Gasteiger partial charge on any atom is -0.274 e. The normalized spacial score (nSPS) is 16.5. The van der Waals surface area contributed by atoms with E-state index in [1.807, 2.05) is 26.0 Å². The average Bonchev–Trinajstić information content (AvgIpc) is 3.12. The van der Waals surface area contributed by atoms with Gasteiger partial charge in [-0.05, 0) is 65.6 Å². The van der Waals surface area contributed by atoms with Crippen molar-refractivity contribution >= 4 is 43.5 Å². The van der Waals surface area contributed by atoms with Gasteiger partial charge in [0.1, 0.15) is 11.9 Å². The lowest BCUT2D eigenvalue weighted by Gasteiger charge is -2.27. The zero-order valence-electron chi connectivity index (χ0n) is 19.2. The molecule has 1 unspecified atom stereocenters. The Balaban J connectivity index is 1.72. The number of carbonyl (C=O) groups excluding carboxylic acids is 2. The molecule has 2 amide bonds. The first-order valence-corrected chi connectivity index (χ1v) is 13.3. The summed E-state index contributed by atoms with van der Waals surface area (Å²) in [6, 6.07) is 17.3. The van der Waals surface area contributed by atoms with E-state index < -0.39 is 33.7 Å². The Morgan fingerprint density at radius 2 is 1.57 bits per heavy atom. The van der Waals surface area contributed by atoms with Crippen LogP contribution in [0.25, 0.3) is 0 Å². The van der Waals surface area contributed by atoms with Crippen molar-refractivity contribution in [1.82, 2.24) is 4.31 Å². The fraction of sp³-hybridized carbons (Fsp3) is 0.231. The molecule has 3 aromatic rings. The Labute approximate surface area is 212 Å². The fourth-order valence-electron chi connectivity index (χ4n) is 3.99. The second kappa shape index (κ2) is 10.0. The van der Waals surface area contributed by atoms with E-state index in [9.17, 15) is 22.4 Å². The molecule has 1 fully saturated rings. The molecule has 0 aliphatic carbocycles. The van der Waals surface area contributed by atoms with E-state index >= 15 is 0 Å². The lowest BCUT2D eigenvalue weighted by atomic mass is 10.0. The molecule has 35 heavy (non-hydrogen) atoms. The summed E-state index contributed by atoms with van der Waals surface area (Å²) in [5, 5.41) is 0. The molecule has 0 saturated carbocycles. The third-order valence-corrected chi connectivity index (χ3v) is 8.36. The molecule has 6 nitrogen and oxygen atoms in total. The van der Waals surface area contributed by atoms with Crippen molar-refractivity contribution in [2.75, 3.05) is 4.90 Å². The van der Waals surface area contributed by atoms with Gasteiger partial charge in [-0.3, -0.25) is 9.59 Å². The molecule has 0 spiro atoms. The Morgan fingerprint density at radius 1 is 0.971 bits per heavy atom. The second-order valence-electron chi connectivity index (χ2n) is 8.66. The highest BCUT2D eigenvalue weighted by molar-refractivity contribution is 9.10. The number of rotatable bonds is 7. The molecule has 182 valence electrons. The van der Waals surface area contributed by atoms with E-state index in [0.29, 0.717) is 15.7 Å². The number of amides is 2. The SMILES string of the molecule is CC(C)c1ccc(N2C(=O)CC(N(Cc3ccc(F)cc3)S(=O)(=O)c3ccc(Br)cc3)C2=O)cc1. The highest BCUT2D eigenvalue weighted by Crippen LogP contribution is 2.31. The van der Waals surface area contributed by atoms with Crippen LogP contribution in [0.5, 0.6) is 0 Å². The Bertz CT molecular complexity index is 1340. The monoisotopic (exact) mass is 558 g/mol. The fourth-order valence-corrected chi connectivity index (χ4v) is 5.83. The largest absolute Gasteiger partial charge is 0.274 e. The lowest BCUT2D eigenvalue weighted by Crippen LogP contribution is -2.45. The van der Waals surface area contributed by atoms with Gasteiger partial charge in [-0.1, -0.05) is 54.0 Å². The molecule has 0 aromatic heterocycles. The number of nitrogens with zero attached hydrogens (tertiary/aromatic N) is 2. The number of imide groups is 1. The van der Waals surface area contributed by atoms with Crippen LogP contribution in [0.1, 0.15) is 37.3 Å². The van der Waals surface area contributed by atoms with Crippen LogP contribution in [0.4, 0.5) is 10.1 Å². The Hall–Kier alpha value is -2.88. The van der Waals surface area contributed by atoms with Gasteiger partial charge in [-0.25, -0.2) is 17.7 Å². The first-order chi connectivity index (χ1) is 16.6. The molecule has 1 heterocycles. The Kier molecular flexibility index (Phi) is 7.21. The van der Waals surface area contributed by atoms with Gasteiger partial charge in [0.25, 0.3) is 5.91 Å². The summed E-state index contributed by atoms with van der Waals surface area (Å²) in [7, 11) is -4.17. The molecule has 1 atom stereocenters. The minimum absolute atomic E-state index is 0.0113. The maximum Gasteiger partial charge on any atom is 0.252 e. The summed E-state index contributed by atoms with van der Waals surface area (Å²) in [5.41, 5.74) is 1.95. The first kappa shape index (κ1) is 25.2.